The number of rotatable bonds is 6. The van der Waals surface area contributed by atoms with Gasteiger partial charge in [0.05, 0.1) is 24.2 Å². The zero-order chi connectivity index (χ0) is 18.7. The molecule has 1 heterocycles. The summed E-state index contributed by atoms with van der Waals surface area (Å²) in [6.07, 6.45) is 1.31. The van der Waals surface area contributed by atoms with Crippen LogP contribution in [0.1, 0.15) is 18.4 Å². The molecular formula is C18H19ClN2O4S. The predicted molar refractivity (Wildman–Crippen MR) is 102 cm³/mol. The summed E-state index contributed by atoms with van der Waals surface area (Å²) in [5, 5.41) is 0.485. The lowest BCUT2D eigenvalue weighted by atomic mass is 10.2. The van der Waals surface area contributed by atoms with Gasteiger partial charge >= 0.3 is 0 Å². The molecule has 0 radical (unpaired) electrons. The van der Waals surface area contributed by atoms with E-state index in [1.54, 1.807) is 47.4 Å². The first-order valence-corrected chi connectivity index (χ1v) is 10.1. The van der Waals surface area contributed by atoms with Crippen LogP contribution in [-0.2, 0) is 20.6 Å². The van der Waals surface area contributed by atoms with Crippen LogP contribution in [0.15, 0.2) is 42.5 Å². The molecule has 3 rings (SSSR count). The molecule has 138 valence electrons. The molecule has 1 amide bonds. The van der Waals surface area contributed by atoms with E-state index in [1.807, 2.05) is 0 Å². The van der Waals surface area contributed by atoms with Crippen molar-refractivity contribution in [2.45, 2.75) is 18.6 Å². The molecule has 0 unspecified atom stereocenters. The number of carbonyl (C=O) groups excluding carboxylic acids is 1. The van der Waals surface area contributed by atoms with Gasteiger partial charge in [0, 0.05) is 24.1 Å². The number of ether oxygens (including phenoxy) is 1. The fraction of sp³-hybridized carbons (Fsp3) is 0.278. The molecule has 26 heavy (non-hydrogen) atoms. The van der Waals surface area contributed by atoms with Gasteiger partial charge in [-0.1, -0.05) is 23.7 Å². The van der Waals surface area contributed by atoms with Crippen molar-refractivity contribution < 1.29 is 17.9 Å². The molecule has 1 aliphatic heterocycles. The lowest BCUT2D eigenvalue weighted by Crippen LogP contribution is -2.24. The second-order valence-electron chi connectivity index (χ2n) is 6.03. The summed E-state index contributed by atoms with van der Waals surface area (Å²) in [4.78, 5) is 13.6. The van der Waals surface area contributed by atoms with Crippen LogP contribution in [-0.4, -0.2) is 28.0 Å². The van der Waals surface area contributed by atoms with Crippen LogP contribution in [0.2, 0.25) is 5.02 Å². The van der Waals surface area contributed by atoms with Crippen LogP contribution < -0.4 is 14.4 Å². The first kappa shape index (κ1) is 18.5. The third-order valence-corrected chi connectivity index (χ3v) is 5.56. The zero-order valence-corrected chi connectivity index (χ0v) is 15.8. The van der Waals surface area contributed by atoms with Gasteiger partial charge < -0.3 is 9.64 Å². The Morgan fingerprint density at radius 1 is 1.23 bits per heavy atom. The Balaban J connectivity index is 1.80. The van der Waals surface area contributed by atoms with Crippen LogP contribution >= 0.6 is 11.6 Å². The summed E-state index contributed by atoms with van der Waals surface area (Å²) in [5.74, 6) is 0.295. The first-order chi connectivity index (χ1) is 12.4. The highest BCUT2D eigenvalue weighted by molar-refractivity contribution is 7.91. The number of hydrogen-bond acceptors (Lipinski definition) is 4. The molecule has 2 aromatic rings. The molecule has 1 saturated heterocycles. The van der Waals surface area contributed by atoms with Gasteiger partial charge in [0.15, 0.2) is 0 Å². The van der Waals surface area contributed by atoms with Crippen molar-refractivity contribution in [3.63, 3.8) is 0 Å². The fourth-order valence-electron chi connectivity index (χ4n) is 2.93. The standard InChI is InChI=1S/C18H19ClN2O4S/c1-25-17-11-15(7-8-16(17)21-9-3-6-18(21)22)20-26(23,24)12-13-4-2-5-14(19)10-13/h2,4-5,7-8,10-11,20H,3,6,9,12H2,1H3. The Kier molecular flexibility index (Phi) is 5.38. The van der Waals surface area contributed by atoms with Crippen LogP contribution in [0, 0.1) is 0 Å². The third kappa shape index (κ3) is 4.28. The van der Waals surface area contributed by atoms with E-state index in [0.29, 0.717) is 40.7 Å². The molecule has 0 bridgehead atoms. The number of halogens is 1. The molecular weight excluding hydrogens is 376 g/mol. The summed E-state index contributed by atoms with van der Waals surface area (Å²) >= 11 is 5.90. The van der Waals surface area contributed by atoms with Crippen LogP contribution in [0.25, 0.3) is 0 Å². The Bertz CT molecular complexity index is 931. The van der Waals surface area contributed by atoms with E-state index in [9.17, 15) is 13.2 Å². The van der Waals surface area contributed by atoms with Crippen molar-refractivity contribution in [2.24, 2.45) is 0 Å². The summed E-state index contributed by atoms with van der Waals surface area (Å²) in [5.41, 5.74) is 1.61. The van der Waals surface area contributed by atoms with Gasteiger partial charge in [-0.3, -0.25) is 9.52 Å². The summed E-state index contributed by atoms with van der Waals surface area (Å²) < 4.78 is 32.7. The van der Waals surface area contributed by atoms with Crippen molar-refractivity contribution >= 4 is 38.9 Å². The highest BCUT2D eigenvalue weighted by Gasteiger charge is 2.25. The Morgan fingerprint density at radius 3 is 2.69 bits per heavy atom. The van der Waals surface area contributed by atoms with Gasteiger partial charge in [-0.15, -0.1) is 0 Å². The highest BCUT2D eigenvalue weighted by Crippen LogP contribution is 2.34. The minimum Gasteiger partial charge on any atom is -0.494 e. The zero-order valence-electron chi connectivity index (χ0n) is 14.2. The lowest BCUT2D eigenvalue weighted by molar-refractivity contribution is -0.117. The maximum absolute atomic E-state index is 12.4. The van der Waals surface area contributed by atoms with Crippen molar-refractivity contribution in [1.29, 1.82) is 0 Å². The smallest absolute Gasteiger partial charge is 0.236 e. The van der Waals surface area contributed by atoms with Crippen molar-refractivity contribution in [3.8, 4) is 5.75 Å². The number of methoxy groups -OCH3 is 1. The van der Waals surface area contributed by atoms with E-state index < -0.39 is 10.0 Å². The van der Waals surface area contributed by atoms with Gasteiger partial charge in [-0.25, -0.2) is 8.42 Å². The largest absolute Gasteiger partial charge is 0.494 e. The van der Waals surface area contributed by atoms with E-state index in [-0.39, 0.29) is 11.7 Å². The number of sulfonamides is 1. The first-order valence-electron chi connectivity index (χ1n) is 8.11. The topological polar surface area (TPSA) is 75.7 Å². The monoisotopic (exact) mass is 394 g/mol. The van der Waals surface area contributed by atoms with Gasteiger partial charge in [-0.2, -0.15) is 0 Å². The molecule has 0 spiro atoms. The number of amides is 1. The number of anilines is 2. The van der Waals surface area contributed by atoms with Gasteiger partial charge in [0.2, 0.25) is 15.9 Å². The molecule has 2 aromatic carbocycles. The quantitative estimate of drug-likeness (QED) is 0.814. The molecule has 0 atom stereocenters. The summed E-state index contributed by atoms with van der Waals surface area (Å²) in [7, 11) is -2.13. The normalized spacial score (nSPS) is 14.5. The average molecular weight is 395 g/mol. The Labute approximate surface area is 157 Å². The molecule has 8 heteroatoms. The third-order valence-electron chi connectivity index (χ3n) is 4.06. The Hall–Kier alpha value is -2.25. The van der Waals surface area contributed by atoms with E-state index in [0.717, 1.165) is 6.42 Å². The van der Waals surface area contributed by atoms with E-state index >= 15 is 0 Å². The number of hydrogen-bond donors (Lipinski definition) is 1. The van der Waals surface area contributed by atoms with E-state index in [2.05, 4.69) is 4.72 Å². The van der Waals surface area contributed by atoms with E-state index in [1.165, 1.54) is 7.11 Å². The molecule has 6 nitrogen and oxygen atoms in total. The Morgan fingerprint density at radius 2 is 2.04 bits per heavy atom. The average Bonchev–Trinajstić information content (AvgIpc) is 2.99. The second kappa shape index (κ2) is 7.55. The fourth-order valence-corrected chi connectivity index (χ4v) is 4.32. The molecule has 1 N–H and O–H groups in total. The minimum absolute atomic E-state index is 0.0394. The number of benzene rings is 2. The van der Waals surface area contributed by atoms with Crippen molar-refractivity contribution in [3.05, 3.63) is 53.1 Å². The molecule has 1 fully saturated rings. The predicted octanol–water partition coefficient (Wildman–Crippen LogP) is 3.42. The van der Waals surface area contributed by atoms with Crippen LogP contribution in [0.5, 0.6) is 5.75 Å². The van der Waals surface area contributed by atoms with Gasteiger partial charge in [-0.05, 0) is 36.2 Å². The molecule has 0 aromatic heterocycles. The highest BCUT2D eigenvalue weighted by atomic mass is 35.5. The van der Waals surface area contributed by atoms with Crippen LogP contribution in [0.4, 0.5) is 11.4 Å². The van der Waals surface area contributed by atoms with Crippen LogP contribution in [0.3, 0.4) is 0 Å². The second-order valence-corrected chi connectivity index (χ2v) is 8.19. The van der Waals surface area contributed by atoms with E-state index in [4.69, 9.17) is 16.3 Å². The minimum atomic E-state index is -3.62. The maximum atomic E-state index is 12.4. The SMILES string of the molecule is COc1cc(NS(=O)(=O)Cc2cccc(Cl)c2)ccc1N1CCCC1=O. The molecule has 1 aliphatic rings. The number of carbonyl (C=O) groups is 1. The van der Waals surface area contributed by atoms with Gasteiger partial charge in [0.1, 0.15) is 5.75 Å². The van der Waals surface area contributed by atoms with Crippen molar-refractivity contribution in [2.75, 3.05) is 23.3 Å². The maximum Gasteiger partial charge on any atom is 0.236 e. The number of nitrogens with one attached hydrogen (secondary N) is 1. The van der Waals surface area contributed by atoms with Gasteiger partial charge in [0.25, 0.3) is 0 Å². The molecule has 0 aliphatic carbocycles. The number of nitrogens with zero attached hydrogens (tertiary/aromatic N) is 1. The molecule has 0 saturated carbocycles. The van der Waals surface area contributed by atoms with Crippen molar-refractivity contribution in [1.82, 2.24) is 0 Å². The summed E-state index contributed by atoms with van der Waals surface area (Å²) in [6, 6.07) is 11.6. The lowest BCUT2D eigenvalue weighted by Gasteiger charge is -2.20. The summed E-state index contributed by atoms with van der Waals surface area (Å²) in [6.45, 7) is 0.634.